The molecule has 2 aromatic rings. The maximum atomic E-state index is 5.21. The normalized spacial score (nSPS) is 10.8. The van der Waals surface area contributed by atoms with E-state index in [4.69, 9.17) is 9.47 Å². The van der Waals surface area contributed by atoms with Crippen LogP contribution in [0, 0.1) is 0 Å². The highest BCUT2D eigenvalue weighted by Gasteiger charge is 2.04. The van der Waals surface area contributed by atoms with Crippen molar-refractivity contribution in [3.8, 4) is 5.75 Å². The van der Waals surface area contributed by atoms with E-state index in [0.29, 0.717) is 0 Å². The Labute approximate surface area is 89.0 Å². The van der Waals surface area contributed by atoms with E-state index in [2.05, 4.69) is 11.1 Å². The molecule has 0 saturated carbocycles. The molecule has 0 fully saturated rings. The molecule has 1 heterocycles. The van der Waals surface area contributed by atoms with Gasteiger partial charge in [0, 0.05) is 24.2 Å². The second kappa shape index (κ2) is 4.36. The number of H-pyrrole nitrogens is 1. The second-order valence-corrected chi connectivity index (χ2v) is 3.47. The third-order valence-electron chi connectivity index (χ3n) is 2.55. The first kappa shape index (κ1) is 10.1. The van der Waals surface area contributed by atoms with Gasteiger partial charge in [-0.25, -0.2) is 0 Å². The van der Waals surface area contributed by atoms with E-state index in [1.54, 1.807) is 14.2 Å². The summed E-state index contributed by atoms with van der Waals surface area (Å²) in [4.78, 5) is 3.24. The molecule has 1 aromatic carbocycles. The van der Waals surface area contributed by atoms with Gasteiger partial charge in [-0.3, -0.25) is 0 Å². The number of aromatic amines is 1. The SMILES string of the molecule is COCCc1c[nH]c2ccc(OC)cc12. The van der Waals surface area contributed by atoms with Crippen LogP contribution in [0.3, 0.4) is 0 Å². The predicted octanol–water partition coefficient (Wildman–Crippen LogP) is 2.37. The van der Waals surface area contributed by atoms with Gasteiger partial charge in [-0.2, -0.15) is 0 Å². The molecule has 0 amide bonds. The molecule has 80 valence electrons. The van der Waals surface area contributed by atoms with Crippen molar-refractivity contribution in [2.45, 2.75) is 6.42 Å². The summed E-state index contributed by atoms with van der Waals surface area (Å²) in [6.45, 7) is 0.740. The van der Waals surface area contributed by atoms with E-state index in [1.165, 1.54) is 10.9 Å². The van der Waals surface area contributed by atoms with Gasteiger partial charge in [0.05, 0.1) is 13.7 Å². The Morgan fingerprint density at radius 2 is 2.13 bits per heavy atom. The molecule has 0 saturated heterocycles. The van der Waals surface area contributed by atoms with Crippen LogP contribution in [0.25, 0.3) is 10.9 Å². The van der Waals surface area contributed by atoms with E-state index in [9.17, 15) is 0 Å². The molecule has 1 aromatic heterocycles. The molecule has 3 heteroatoms. The molecule has 0 aliphatic heterocycles. The van der Waals surface area contributed by atoms with Gasteiger partial charge in [0.1, 0.15) is 5.75 Å². The number of benzene rings is 1. The third-order valence-corrected chi connectivity index (χ3v) is 2.55. The predicted molar refractivity (Wildman–Crippen MR) is 60.4 cm³/mol. The lowest BCUT2D eigenvalue weighted by atomic mass is 10.1. The summed E-state index contributed by atoms with van der Waals surface area (Å²) in [5.74, 6) is 0.890. The van der Waals surface area contributed by atoms with Crippen molar-refractivity contribution in [1.29, 1.82) is 0 Å². The van der Waals surface area contributed by atoms with E-state index in [0.717, 1.165) is 24.3 Å². The van der Waals surface area contributed by atoms with Crippen LogP contribution in [0.5, 0.6) is 5.75 Å². The van der Waals surface area contributed by atoms with Crippen LogP contribution < -0.4 is 4.74 Å². The fraction of sp³-hybridized carbons (Fsp3) is 0.333. The number of fused-ring (bicyclic) bond motifs is 1. The minimum Gasteiger partial charge on any atom is -0.497 e. The van der Waals surface area contributed by atoms with Gasteiger partial charge in [-0.15, -0.1) is 0 Å². The minimum atomic E-state index is 0.740. The van der Waals surface area contributed by atoms with Crippen LogP contribution in [0.2, 0.25) is 0 Å². The number of nitrogens with one attached hydrogen (secondary N) is 1. The van der Waals surface area contributed by atoms with Crippen LogP contribution in [0.4, 0.5) is 0 Å². The zero-order valence-corrected chi connectivity index (χ0v) is 9.04. The lowest BCUT2D eigenvalue weighted by Gasteiger charge is -2.01. The molecule has 0 aliphatic rings. The number of rotatable bonds is 4. The summed E-state index contributed by atoms with van der Waals surface area (Å²) >= 11 is 0. The largest absolute Gasteiger partial charge is 0.497 e. The lowest BCUT2D eigenvalue weighted by Crippen LogP contribution is -1.93. The van der Waals surface area contributed by atoms with Crippen molar-refractivity contribution in [2.24, 2.45) is 0 Å². The molecular weight excluding hydrogens is 190 g/mol. The highest BCUT2D eigenvalue weighted by atomic mass is 16.5. The van der Waals surface area contributed by atoms with Gasteiger partial charge < -0.3 is 14.5 Å². The van der Waals surface area contributed by atoms with Gasteiger partial charge in [-0.1, -0.05) is 0 Å². The maximum Gasteiger partial charge on any atom is 0.119 e. The second-order valence-electron chi connectivity index (χ2n) is 3.47. The number of ether oxygens (including phenoxy) is 2. The van der Waals surface area contributed by atoms with Gasteiger partial charge in [-0.05, 0) is 30.2 Å². The molecule has 0 bridgehead atoms. The zero-order chi connectivity index (χ0) is 10.7. The molecule has 15 heavy (non-hydrogen) atoms. The summed E-state index contributed by atoms with van der Waals surface area (Å²) in [6.07, 6.45) is 2.95. The summed E-state index contributed by atoms with van der Waals surface area (Å²) in [6, 6.07) is 6.04. The Morgan fingerprint density at radius 3 is 2.87 bits per heavy atom. The molecule has 1 N–H and O–H groups in total. The van der Waals surface area contributed by atoms with Crippen molar-refractivity contribution in [1.82, 2.24) is 4.98 Å². The third kappa shape index (κ3) is 1.97. The van der Waals surface area contributed by atoms with E-state index < -0.39 is 0 Å². The van der Waals surface area contributed by atoms with Gasteiger partial charge >= 0.3 is 0 Å². The maximum absolute atomic E-state index is 5.21. The Hall–Kier alpha value is -1.48. The Bertz CT molecular complexity index is 448. The molecular formula is C12H15NO2. The quantitative estimate of drug-likeness (QED) is 0.831. The van der Waals surface area contributed by atoms with Crippen LogP contribution in [-0.2, 0) is 11.2 Å². The summed E-state index contributed by atoms with van der Waals surface area (Å²) in [5.41, 5.74) is 2.41. The molecule has 0 unspecified atom stereocenters. The standard InChI is InChI=1S/C12H15NO2/c1-14-6-5-9-8-13-12-4-3-10(15-2)7-11(9)12/h3-4,7-8,13H,5-6H2,1-2H3. The Morgan fingerprint density at radius 1 is 1.27 bits per heavy atom. The molecule has 0 radical (unpaired) electrons. The topological polar surface area (TPSA) is 34.2 Å². The highest BCUT2D eigenvalue weighted by Crippen LogP contribution is 2.23. The minimum absolute atomic E-state index is 0.740. The van der Waals surface area contributed by atoms with Crippen molar-refractivity contribution in [3.05, 3.63) is 30.0 Å². The number of hydrogen-bond donors (Lipinski definition) is 1. The molecule has 0 aliphatic carbocycles. The van der Waals surface area contributed by atoms with Gasteiger partial charge in [0.25, 0.3) is 0 Å². The summed E-state index contributed by atoms with van der Waals surface area (Å²) < 4.78 is 10.3. The van der Waals surface area contributed by atoms with E-state index in [-0.39, 0.29) is 0 Å². The van der Waals surface area contributed by atoms with Crippen LogP contribution in [0.15, 0.2) is 24.4 Å². The van der Waals surface area contributed by atoms with Gasteiger partial charge in [0.15, 0.2) is 0 Å². The fourth-order valence-electron chi connectivity index (χ4n) is 1.70. The van der Waals surface area contributed by atoms with Crippen LogP contribution in [-0.4, -0.2) is 25.8 Å². The van der Waals surface area contributed by atoms with Crippen molar-refractivity contribution in [3.63, 3.8) is 0 Å². The highest BCUT2D eigenvalue weighted by molar-refractivity contribution is 5.84. The molecule has 0 atom stereocenters. The fourth-order valence-corrected chi connectivity index (χ4v) is 1.70. The first-order chi connectivity index (χ1) is 7.35. The zero-order valence-electron chi connectivity index (χ0n) is 9.04. The average Bonchev–Trinajstić information content (AvgIpc) is 2.68. The first-order valence-corrected chi connectivity index (χ1v) is 4.98. The summed E-state index contributed by atoms with van der Waals surface area (Å²) in [7, 11) is 3.40. The molecule has 3 nitrogen and oxygen atoms in total. The smallest absolute Gasteiger partial charge is 0.119 e. The van der Waals surface area contributed by atoms with Crippen molar-refractivity contribution in [2.75, 3.05) is 20.8 Å². The molecule has 0 spiro atoms. The number of methoxy groups -OCH3 is 2. The molecule has 2 rings (SSSR count). The monoisotopic (exact) mass is 205 g/mol. The number of aromatic nitrogens is 1. The Kier molecular flexibility index (Phi) is 2.92. The lowest BCUT2D eigenvalue weighted by molar-refractivity contribution is 0.202. The van der Waals surface area contributed by atoms with Crippen molar-refractivity contribution >= 4 is 10.9 Å². The summed E-state index contributed by atoms with van der Waals surface area (Å²) in [5, 5.41) is 1.21. The average molecular weight is 205 g/mol. The number of hydrogen-bond acceptors (Lipinski definition) is 2. The first-order valence-electron chi connectivity index (χ1n) is 4.98. The van der Waals surface area contributed by atoms with Crippen LogP contribution in [0.1, 0.15) is 5.56 Å². The van der Waals surface area contributed by atoms with E-state index >= 15 is 0 Å². The van der Waals surface area contributed by atoms with Gasteiger partial charge in [0.2, 0.25) is 0 Å². The Balaban J connectivity index is 2.38. The van der Waals surface area contributed by atoms with Crippen LogP contribution >= 0.6 is 0 Å². The van der Waals surface area contributed by atoms with Crippen molar-refractivity contribution < 1.29 is 9.47 Å². The van der Waals surface area contributed by atoms with E-state index in [1.807, 2.05) is 18.3 Å².